The molecule has 2 heterocycles. The summed E-state index contributed by atoms with van der Waals surface area (Å²) in [6.07, 6.45) is 0. The van der Waals surface area contributed by atoms with Gasteiger partial charge in [0.05, 0.1) is 19.3 Å². The van der Waals surface area contributed by atoms with Gasteiger partial charge in [-0.15, -0.1) is 0 Å². The Labute approximate surface area is 163 Å². The molecular formula is C21H34N4O2. The normalized spacial score (nSPS) is 23.4. The summed E-state index contributed by atoms with van der Waals surface area (Å²) in [5.41, 5.74) is 1.20. The summed E-state index contributed by atoms with van der Waals surface area (Å²) in [6.45, 7) is 11.1. The number of rotatable bonds is 5. The first-order valence-corrected chi connectivity index (χ1v) is 10.2. The van der Waals surface area contributed by atoms with E-state index in [9.17, 15) is 4.79 Å². The van der Waals surface area contributed by atoms with Gasteiger partial charge in [-0.1, -0.05) is 44.2 Å². The molecule has 2 fully saturated rings. The van der Waals surface area contributed by atoms with Gasteiger partial charge in [0.25, 0.3) is 0 Å². The Morgan fingerprint density at radius 3 is 2.52 bits per heavy atom. The third kappa shape index (κ3) is 5.21. The van der Waals surface area contributed by atoms with Crippen molar-refractivity contribution in [3.8, 4) is 0 Å². The first-order valence-electron chi connectivity index (χ1n) is 10.2. The van der Waals surface area contributed by atoms with E-state index < -0.39 is 0 Å². The molecule has 150 valence electrons. The minimum atomic E-state index is 0.0517. The van der Waals surface area contributed by atoms with E-state index in [4.69, 9.17) is 4.74 Å². The van der Waals surface area contributed by atoms with Crippen LogP contribution in [-0.4, -0.2) is 86.3 Å². The molecule has 2 amide bonds. The molecule has 1 aromatic rings. The van der Waals surface area contributed by atoms with Crippen LogP contribution in [0.4, 0.5) is 4.79 Å². The largest absolute Gasteiger partial charge is 0.379 e. The van der Waals surface area contributed by atoms with Crippen molar-refractivity contribution >= 4 is 6.03 Å². The lowest BCUT2D eigenvalue weighted by Crippen LogP contribution is -2.56. The molecule has 2 saturated heterocycles. The van der Waals surface area contributed by atoms with Crippen LogP contribution in [0.5, 0.6) is 0 Å². The van der Waals surface area contributed by atoms with Crippen LogP contribution >= 0.6 is 0 Å². The van der Waals surface area contributed by atoms with Crippen LogP contribution in [0.25, 0.3) is 0 Å². The van der Waals surface area contributed by atoms with Crippen LogP contribution in [0.15, 0.2) is 30.3 Å². The Bertz CT molecular complexity index is 589. The summed E-state index contributed by atoms with van der Waals surface area (Å²) in [4.78, 5) is 19.8. The molecule has 0 saturated carbocycles. The second-order valence-electron chi connectivity index (χ2n) is 8.03. The number of amides is 2. The maximum atomic E-state index is 13.1. The summed E-state index contributed by atoms with van der Waals surface area (Å²) >= 11 is 0. The molecule has 6 heteroatoms. The molecule has 2 aliphatic heterocycles. The number of likely N-dealkylation sites (N-methyl/N-ethyl adjacent to an activating group) is 1. The summed E-state index contributed by atoms with van der Waals surface area (Å²) in [5.74, 6) is 0.487. The number of carbonyl (C=O) groups is 1. The van der Waals surface area contributed by atoms with E-state index in [0.717, 1.165) is 45.9 Å². The number of hydrogen-bond acceptors (Lipinski definition) is 4. The summed E-state index contributed by atoms with van der Waals surface area (Å²) in [5, 5.41) is 3.23. The minimum Gasteiger partial charge on any atom is -0.379 e. The average Bonchev–Trinajstić information content (AvgIpc) is 2.69. The van der Waals surface area contributed by atoms with Crippen molar-refractivity contribution in [3.63, 3.8) is 0 Å². The quantitative estimate of drug-likeness (QED) is 0.857. The number of piperazine rings is 1. The lowest BCUT2D eigenvalue weighted by Gasteiger charge is -2.41. The van der Waals surface area contributed by atoms with Crippen LogP contribution in [0.2, 0.25) is 0 Å². The van der Waals surface area contributed by atoms with Crippen LogP contribution in [-0.2, 0) is 4.74 Å². The van der Waals surface area contributed by atoms with Crippen LogP contribution in [0.1, 0.15) is 25.5 Å². The maximum absolute atomic E-state index is 13.1. The second-order valence-corrected chi connectivity index (χ2v) is 8.03. The Hall–Kier alpha value is -1.63. The average molecular weight is 375 g/mol. The minimum absolute atomic E-state index is 0.0517. The van der Waals surface area contributed by atoms with Crippen molar-refractivity contribution < 1.29 is 9.53 Å². The summed E-state index contributed by atoms with van der Waals surface area (Å²) in [6, 6.07) is 10.9. The fourth-order valence-electron chi connectivity index (χ4n) is 4.11. The molecule has 27 heavy (non-hydrogen) atoms. The number of ether oxygens (including phenoxy) is 1. The molecule has 2 atom stereocenters. The Balaban J connectivity index is 1.64. The number of nitrogens with one attached hydrogen (secondary N) is 1. The molecule has 3 rings (SSSR count). The molecule has 2 aliphatic rings. The molecule has 1 aromatic carbocycles. The zero-order valence-electron chi connectivity index (χ0n) is 16.9. The number of carbonyl (C=O) groups excluding carboxylic acids is 1. The van der Waals surface area contributed by atoms with Gasteiger partial charge in [-0.2, -0.15) is 0 Å². The fourth-order valence-corrected chi connectivity index (χ4v) is 4.11. The number of benzene rings is 1. The van der Waals surface area contributed by atoms with E-state index in [-0.39, 0.29) is 12.1 Å². The van der Waals surface area contributed by atoms with Gasteiger partial charge in [-0.3, -0.25) is 4.90 Å². The molecule has 0 bridgehead atoms. The van der Waals surface area contributed by atoms with Gasteiger partial charge >= 0.3 is 6.03 Å². The Morgan fingerprint density at radius 1 is 1.15 bits per heavy atom. The molecule has 2 unspecified atom stereocenters. The highest BCUT2D eigenvalue weighted by Gasteiger charge is 2.31. The summed E-state index contributed by atoms with van der Waals surface area (Å²) < 4.78 is 5.48. The van der Waals surface area contributed by atoms with Crippen molar-refractivity contribution in [1.29, 1.82) is 0 Å². The lowest BCUT2D eigenvalue weighted by molar-refractivity contribution is 0.00661. The maximum Gasteiger partial charge on any atom is 0.318 e. The standard InChI is InChI=1S/C21H34N4O2/c1-17(2)19(24-11-13-27-14-12-24)15-22-21(26)25-10-9-23(3)16-20(25)18-7-5-4-6-8-18/h4-8,17,19-20H,9-16H2,1-3H3,(H,22,26). The van der Waals surface area contributed by atoms with E-state index in [0.29, 0.717) is 18.5 Å². The van der Waals surface area contributed by atoms with Gasteiger partial charge < -0.3 is 19.9 Å². The molecule has 0 aliphatic carbocycles. The molecule has 1 N–H and O–H groups in total. The van der Waals surface area contributed by atoms with Gasteiger partial charge in [0.15, 0.2) is 0 Å². The molecule has 0 radical (unpaired) electrons. The van der Waals surface area contributed by atoms with Crippen molar-refractivity contribution in [2.45, 2.75) is 25.9 Å². The highest BCUT2D eigenvalue weighted by molar-refractivity contribution is 5.75. The second kappa shape index (κ2) is 9.53. The van der Waals surface area contributed by atoms with E-state index >= 15 is 0 Å². The lowest BCUT2D eigenvalue weighted by atomic mass is 10.0. The van der Waals surface area contributed by atoms with Crippen molar-refractivity contribution in [3.05, 3.63) is 35.9 Å². The van der Waals surface area contributed by atoms with Gasteiger partial charge in [0.2, 0.25) is 0 Å². The zero-order chi connectivity index (χ0) is 19.2. The highest BCUT2D eigenvalue weighted by Crippen LogP contribution is 2.25. The fraction of sp³-hybridized carbons (Fsp3) is 0.667. The number of urea groups is 1. The van der Waals surface area contributed by atoms with Crippen molar-refractivity contribution in [2.24, 2.45) is 5.92 Å². The van der Waals surface area contributed by atoms with Crippen LogP contribution < -0.4 is 5.32 Å². The number of nitrogens with zero attached hydrogens (tertiary/aromatic N) is 3. The highest BCUT2D eigenvalue weighted by atomic mass is 16.5. The van der Waals surface area contributed by atoms with E-state index in [1.807, 2.05) is 23.1 Å². The predicted octanol–water partition coefficient (Wildman–Crippen LogP) is 2.04. The zero-order valence-corrected chi connectivity index (χ0v) is 16.9. The van der Waals surface area contributed by atoms with Gasteiger partial charge in [0.1, 0.15) is 0 Å². The third-order valence-electron chi connectivity index (χ3n) is 5.78. The third-order valence-corrected chi connectivity index (χ3v) is 5.78. The Kier molecular flexibility index (Phi) is 7.10. The predicted molar refractivity (Wildman–Crippen MR) is 108 cm³/mol. The van der Waals surface area contributed by atoms with Crippen molar-refractivity contribution in [1.82, 2.24) is 20.0 Å². The Morgan fingerprint density at radius 2 is 1.85 bits per heavy atom. The van der Waals surface area contributed by atoms with E-state index in [2.05, 4.69) is 48.1 Å². The SMILES string of the molecule is CC(C)C(CNC(=O)N1CCN(C)CC1c1ccccc1)N1CCOCC1. The van der Waals surface area contributed by atoms with E-state index in [1.54, 1.807) is 0 Å². The first kappa shape index (κ1) is 20.1. The monoisotopic (exact) mass is 374 g/mol. The molecule has 0 spiro atoms. The number of morpholine rings is 1. The molecular weight excluding hydrogens is 340 g/mol. The topological polar surface area (TPSA) is 48.1 Å². The van der Waals surface area contributed by atoms with E-state index in [1.165, 1.54) is 5.56 Å². The van der Waals surface area contributed by atoms with Crippen molar-refractivity contribution in [2.75, 3.05) is 59.5 Å². The molecule has 6 nitrogen and oxygen atoms in total. The smallest absolute Gasteiger partial charge is 0.318 e. The van der Waals surface area contributed by atoms with Crippen LogP contribution in [0, 0.1) is 5.92 Å². The van der Waals surface area contributed by atoms with Gasteiger partial charge in [-0.25, -0.2) is 4.79 Å². The molecule has 0 aromatic heterocycles. The van der Waals surface area contributed by atoms with Gasteiger partial charge in [-0.05, 0) is 18.5 Å². The van der Waals surface area contributed by atoms with Gasteiger partial charge in [0, 0.05) is 45.3 Å². The summed E-state index contributed by atoms with van der Waals surface area (Å²) in [7, 11) is 2.12. The van der Waals surface area contributed by atoms with Crippen LogP contribution in [0.3, 0.4) is 0 Å². The first-order chi connectivity index (χ1) is 13.1. The number of hydrogen-bond donors (Lipinski definition) is 1.